The van der Waals surface area contributed by atoms with E-state index in [0.29, 0.717) is 24.6 Å². The van der Waals surface area contributed by atoms with E-state index in [4.69, 9.17) is 14.9 Å². The van der Waals surface area contributed by atoms with Crippen LogP contribution in [0.25, 0.3) is 0 Å². The second-order valence-corrected chi connectivity index (χ2v) is 4.81. The summed E-state index contributed by atoms with van der Waals surface area (Å²) in [7, 11) is 0. The van der Waals surface area contributed by atoms with Crippen LogP contribution in [0.5, 0.6) is 0 Å². The van der Waals surface area contributed by atoms with E-state index in [0.717, 1.165) is 18.8 Å². The topological polar surface area (TPSA) is 80.7 Å². The van der Waals surface area contributed by atoms with Gasteiger partial charge in [-0.2, -0.15) is 0 Å². The molecule has 0 bridgehead atoms. The molecule has 1 aliphatic rings. The highest BCUT2D eigenvalue weighted by Crippen LogP contribution is 2.29. The molecule has 0 atom stereocenters. The zero-order valence-electron chi connectivity index (χ0n) is 11.5. The number of benzene rings is 1. The molecular weight excluding hydrogens is 270 g/mol. The molecule has 1 aromatic heterocycles. The van der Waals surface area contributed by atoms with Crippen molar-refractivity contribution in [2.45, 2.75) is 0 Å². The van der Waals surface area contributed by atoms with Crippen LogP contribution in [-0.4, -0.2) is 32.2 Å². The Balaban J connectivity index is 1.85. The molecule has 3 N–H and O–H groups in total. The van der Waals surface area contributed by atoms with Crippen LogP contribution in [0.2, 0.25) is 0 Å². The second-order valence-electron chi connectivity index (χ2n) is 4.81. The van der Waals surface area contributed by atoms with Crippen molar-refractivity contribution in [1.82, 2.24) is 0 Å². The van der Waals surface area contributed by atoms with Gasteiger partial charge >= 0.3 is 0 Å². The summed E-state index contributed by atoms with van der Waals surface area (Å²) in [5, 5.41) is 2.86. The third-order valence-electron chi connectivity index (χ3n) is 3.37. The maximum Gasteiger partial charge on any atom is 0.291 e. The first kappa shape index (κ1) is 13.5. The van der Waals surface area contributed by atoms with E-state index in [1.165, 1.54) is 6.26 Å². The minimum atomic E-state index is -0.292. The number of ether oxygens (including phenoxy) is 1. The lowest BCUT2D eigenvalue weighted by molar-refractivity contribution is 0.0996. The molecule has 21 heavy (non-hydrogen) atoms. The van der Waals surface area contributed by atoms with Gasteiger partial charge in [-0.3, -0.25) is 4.79 Å². The van der Waals surface area contributed by atoms with Crippen molar-refractivity contribution in [2.75, 3.05) is 42.3 Å². The van der Waals surface area contributed by atoms with E-state index in [1.54, 1.807) is 18.2 Å². The molecule has 2 aromatic rings. The first-order valence-corrected chi connectivity index (χ1v) is 6.81. The summed E-state index contributed by atoms with van der Waals surface area (Å²) >= 11 is 0. The molecule has 1 amide bonds. The van der Waals surface area contributed by atoms with Crippen molar-refractivity contribution >= 4 is 23.0 Å². The molecule has 2 heterocycles. The second kappa shape index (κ2) is 5.88. The number of nitrogens with one attached hydrogen (secondary N) is 1. The van der Waals surface area contributed by atoms with Gasteiger partial charge in [0.05, 0.1) is 30.9 Å². The van der Waals surface area contributed by atoms with Crippen LogP contribution in [0.3, 0.4) is 0 Å². The fourth-order valence-electron chi connectivity index (χ4n) is 2.33. The summed E-state index contributed by atoms with van der Waals surface area (Å²) in [4.78, 5) is 14.3. The van der Waals surface area contributed by atoms with Gasteiger partial charge in [-0.25, -0.2) is 0 Å². The lowest BCUT2D eigenvalue weighted by atomic mass is 10.2. The van der Waals surface area contributed by atoms with Crippen LogP contribution in [0.15, 0.2) is 41.0 Å². The Kier molecular flexibility index (Phi) is 3.79. The van der Waals surface area contributed by atoms with Crippen molar-refractivity contribution in [3.63, 3.8) is 0 Å². The lowest BCUT2D eigenvalue weighted by Crippen LogP contribution is -2.36. The zero-order valence-corrected chi connectivity index (χ0v) is 11.5. The monoisotopic (exact) mass is 287 g/mol. The molecular formula is C15H17N3O3. The summed E-state index contributed by atoms with van der Waals surface area (Å²) in [5.41, 5.74) is 8.05. The van der Waals surface area contributed by atoms with E-state index < -0.39 is 0 Å². The van der Waals surface area contributed by atoms with E-state index in [1.807, 2.05) is 12.1 Å². The smallest absolute Gasteiger partial charge is 0.291 e. The number of hydrogen-bond donors (Lipinski definition) is 2. The van der Waals surface area contributed by atoms with E-state index in [2.05, 4.69) is 10.2 Å². The van der Waals surface area contributed by atoms with E-state index in [-0.39, 0.29) is 11.7 Å². The third-order valence-corrected chi connectivity index (χ3v) is 3.37. The maximum atomic E-state index is 12.1. The maximum absolute atomic E-state index is 12.1. The highest BCUT2D eigenvalue weighted by molar-refractivity contribution is 6.04. The first-order valence-electron chi connectivity index (χ1n) is 6.81. The number of furan rings is 1. The Morgan fingerprint density at radius 2 is 2.05 bits per heavy atom. The minimum absolute atomic E-state index is 0.269. The first-order chi connectivity index (χ1) is 10.2. The molecule has 3 rings (SSSR count). The Morgan fingerprint density at radius 3 is 2.76 bits per heavy atom. The van der Waals surface area contributed by atoms with Gasteiger partial charge in [-0.15, -0.1) is 0 Å². The van der Waals surface area contributed by atoms with Gasteiger partial charge in [-0.1, -0.05) is 0 Å². The molecule has 0 aliphatic carbocycles. The Morgan fingerprint density at radius 1 is 1.24 bits per heavy atom. The average molecular weight is 287 g/mol. The molecule has 110 valence electrons. The predicted octanol–water partition coefficient (Wildman–Crippen LogP) is 1.95. The zero-order chi connectivity index (χ0) is 14.7. The Hall–Kier alpha value is -2.47. The van der Waals surface area contributed by atoms with Crippen molar-refractivity contribution < 1.29 is 13.9 Å². The van der Waals surface area contributed by atoms with Crippen molar-refractivity contribution in [3.8, 4) is 0 Å². The Bertz CT molecular complexity index is 619. The molecule has 0 unspecified atom stereocenters. The number of carbonyl (C=O) groups excluding carboxylic acids is 1. The standard InChI is InChI=1S/C15H17N3O3/c16-11-3-4-13(18-5-8-20-9-6-18)12(10-11)17-15(19)14-2-1-7-21-14/h1-4,7,10H,5-6,8-9,16H2,(H,17,19). The highest BCUT2D eigenvalue weighted by Gasteiger charge is 2.17. The molecule has 1 aromatic carbocycles. The molecule has 1 fully saturated rings. The summed E-state index contributed by atoms with van der Waals surface area (Å²) < 4.78 is 10.5. The summed E-state index contributed by atoms with van der Waals surface area (Å²) in [5.74, 6) is -0.0227. The number of nitrogen functional groups attached to an aromatic ring is 1. The van der Waals surface area contributed by atoms with Crippen LogP contribution in [-0.2, 0) is 4.74 Å². The Labute approximate surface area is 122 Å². The molecule has 0 saturated carbocycles. The third kappa shape index (κ3) is 3.00. The van der Waals surface area contributed by atoms with Gasteiger partial charge in [0.1, 0.15) is 0 Å². The predicted molar refractivity (Wildman–Crippen MR) is 80.5 cm³/mol. The van der Waals surface area contributed by atoms with Crippen molar-refractivity contribution in [3.05, 3.63) is 42.4 Å². The average Bonchev–Trinajstić information content (AvgIpc) is 3.03. The quantitative estimate of drug-likeness (QED) is 0.843. The molecule has 1 aliphatic heterocycles. The molecule has 6 nitrogen and oxygen atoms in total. The fourth-order valence-corrected chi connectivity index (χ4v) is 2.33. The number of nitrogens with two attached hydrogens (primary N) is 1. The van der Waals surface area contributed by atoms with Crippen LogP contribution in [0.1, 0.15) is 10.6 Å². The van der Waals surface area contributed by atoms with Gasteiger partial charge in [-0.05, 0) is 30.3 Å². The van der Waals surface area contributed by atoms with Crippen LogP contribution < -0.4 is 16.0 Å². The lowest BCUT2D eigenvalue weighted by Gasteiger charge is -2.30. The fraction of sp³-hybridized carbons (Fsp3) is 0.267. The molecule has 6 heteroatoms. The van der Waals surface area contributed by atoms with Crippen molar-refractivity contribution in [2.24, 2.45) is 0 Å². The van der Waals surface area contributed by atoms with Crippen LogP contribution in [0.4, 0.5) is 17.1 Å². The van der Waals surface area contributed by atoms with Crippen LogP contribution in [0, 0.1) is 0 Å². The van der Waals surface area contributed by atoms with Gasteiger partial charge in [0.15, 0.2) is 5.76 Å². The SMILES string of the molecule is Nc1ccc(N2CCOCC2)c(NC(=O)c2ccco2)c1. The summed E-state index contributed by atoms with van der Waals surface area (Å²) in [6.45, 7) is 2.92. The summed E-state index contributed by atoms with van der Waals surface area (Å²) in [6.07, 6.45) is 1.47. The normalized spacial score (nSPS) is 15.0. The molecule has 0 radical (unpaired) electrons. The van der Waals surface area contributed by atoms with Gasteiger partial charge in [0, 0.05) is 18.8 Å². The number of hydrogen-bond acceptors (Lipinski definition) is 5. The molecule has 1 saturated heterocycles. The summed E-state index contributed by atoms with van der Waals surface area (Å²) in [6, 6.07) is 8.80. The number of carbonyl (C=O) groups is 1. The number of rotatable bonds is 3. The van der Waals surface area contributed by atoms with E-state index in [9.17, 15) is 4.79 Å². The number of anilines is 3. The highest BCUT2D eigenvalue weighted by atomic mass is 16.5. The van der Waals surface area contributed by atoms with Gasteiger partial charge in [0.2, 0.25) is 0 Å². The number of amides is 1. The molecule has 0 spiro atoms. The number of morpholine rings is 1. The van der Waals surface area contributed by atoms with E-state index >= 15 is 0 Å². The van der Waals surface area contributed by atoms with Gasteiger partial charge in [0.25, 0.3) is 5.91 Å². The van der Waals surface area contributed by atoms with Gasteiger partial charge < -0.3 is 25.1 Å². The minimum Gasteiger partial charge on any atom is -0.459 e. The van der Waals surface area contributed by atoms with Crippen molar-refractivity contribution in [1.29, 1.82) is 0 Å². The number of nitrogens with zero attached hydrogens (tertiary/aromatic N) is 1. The largest absolute Gasteiger partial charge is 0.459 e. The van der Waals surface area contributed by atoms with Crippen LogP contribution >= 0.6 is 0 Å².